The fourth-order valence-corrected chi connectivity index (χ4v) is 2.20. The number of rotatable bonds is 1. The van der Waals surface area contributed by atoms with E-state index in [1.165, 1.54) is 6.08 Å². The number of nitrogens with two attached hydrogens (primary N) is 1. The van der Waals surface area contributed by atoms with Gasteiger partial charge in [0.05, 0.1) is 16.4 Å². The smallest absolute Gasteiger partial charge is 0.204 e. The molecule has 0 atom stereocenters. The van der Waals surface area contributed by atoms with Crippen LogP contribution in [0.5, 0.6) is 0 Å². The van der Waals surface area contributed by atoms with Gasteiger partial charge in [0.25, 0.3) is 0 Å². The Kier molecular flexibility index (Phi) is 4.58. The fraction of sp³-hybridized carbons (Fsp3) is 0. The van der Waals surface area contributed by atoms with Gasteiger partial charge in [-0.15, -0.1) is 0 Å². The van der Waals surface area contributed by atoms with E-state index in [0.717, 1.165) is 0 Å². The van der Waals surface area contributed by atoms with Crippen LogP contribution in [0, 0.1) is 0 Å². The summed E-state index contributed by atoms with van der Waals surface area (Å²) in [7, 11) is 0. The molecule has 0 aliphatic heterocycles. The van der Waals surface area contributed by atoms with Crippen molar-refractivity contribution in [1.82, 2.24) is 4.98 Å². The first-order valence-corrected chi connectivity index (χ1v) is 6.34. The maximum Gasteiger partial charge on any atom is 0.204 e. The molecule has 1 aliphatic rings. The number of carbonyl (C=O) groups is 1. The Morgan fingerprint density at radius 1 is 1.19 bits per heavy atom. The second-order valence-electron chi connectivity index (χ2n) is 4.31. The van der Waals surface area contributed by atoms with E-state index >= 15 is 0 Å². The minimum Gasteiger partial charge on any atom is -0.399 e. The average molecular weight is 347 g/mol. The van der Waals surface area contributed by atoms with E-state index < -0.39 is 0 Å². The van der Waals surface area contributed by atoms with Crippen LogP contribution < -0.4 is 5.73 Å². The number of allylic oxidation sites excluding steroid dienone is 2. The largest absolute Gasteiger partial charge is 0.399 e. The number of carbonyl (C=O) groups excluding carboxylic acids is 1. The summed E-state index contributed by atoms with van der Waals surface area (Å²) in [6, 6.07) is 8.69. The minimum atomic E-state index is -0.122. The summed E-state index contributed by atoms with van der Waals surface area (Å²) < 4.78 is 0. The Bertz CT molecular complexity index is 771. The summed E-state index contributed by atoms with van der Waals surface area (Å²) in [6.07, 6.45) is 4.71. The van der Waals surface area contributed by atoms with Crippen LogP contribution in [0.1, 0.15) is 16.1 Å². The summed E-state index contributed by atoms with van der Waals surface area (Å²) >= 11 is 6.11. The zero-order valence-corrected chi connectivity index (χ0v) is 12.4. The van der Waals surface area contributed by atoms with Gasteiger partial charge in [0.1, 0.15) is 5.69 Å². The molecule has 0 spiro atoms. The number of halogens is 1. The molecule has 2 aromatic rings. The standard InChI is InChI=1S/C15H10ClN3O.Cu/c16-11-8-9(17)3-4-13(11)19-12-5-6-14(20)15-10(12)2-1-7-18-15;/h1-8H,17H2;. The summed E-state index contributed by atoms with van der Waals surface area (Å²) in [6.45, 7) is 0. The number of aromatic nitrogens is 1. The molecule has 1 heterocycles. The number of fused-ring (bicyclic) bond motifs is 1. The van der Waals surface area contributed by atoms with Crippen LogP contribution in [-0.2, 0) is 17.1 Å². The SMILES string of the molecule is Nc1ccc(N=C2C=CC(=O)c3ncccc32)c(Cl)c1.[Cu]. The summed E-state index contributed by atoms with van der Waals surface area (Å²) in [5, 5.41) is 0.466. The Hall–Kier alpha value is -1.94. The normalized spacial score (nSPS) is 14.7. The van der Waals surface area contributed by atoms with Gasteiger partial charge in [-0.3, -0.25) is 9.78 Å². The molecule has 4 nitrogen and oxygen atoms in total. The maximum absolute atomic E-state index is 11.7. The Labute approximate surface area is 137 Å². The van der Waals surface area contributed by atoms with E-state index in [2.05, 4.69) is 9.98 Å². The fourth-order valence-electron chi connectivity index (χ4n) is 1.97. The molecule has 0 amide bonds. The number of ketones is 1. The average Bonchev–Trinajstić information content (AvgIpc) is 2.45. The number of nitrogen functional groups attached to an aromatic ring is 1. The molecular formula is C15H10ClCuN3O. The monoisotopic (exact) mass is 346 g/mol. The van der Waals surface area contributed by atoms with Gasteiger partial charge in [-0.05, 0) is 42.5 Å². The molecule has 109 valence electrons. The summed E-state index contributed by atoms with van der Waals surface area (Å²) in [5.41, 5.74) is 8.59. The number of aliphatic imine (C=N–C) groups is 1. The first kappa shape index (κ1) is 15.4. The molecule has 21 heavy (non-hydrogen) atoms. The molecule has 0 saturated carbocycles. The predicted molar refractivity (Wildman–Crippen MR) is 79.8 cm³/mol. The van der Waals surface area contributed by atoms with Crippen molar-refractivity contribution in [2.45, 2.75) is 0 Å². The second-order valence-corrected chi connectivity index (χ2v) is 4.71. The van der Waals surface area contributed by atoms with Gasteiger partial charge in [0.15, 0.2) is 0 Å². The zero-order chi connectivity index (χ0) is 14.1. The van der Waals surface area contributed by atoms with E-state index in [0.29, 0.717) is 33.4 Å². The molecule has 0 unspecified atom stereocenters. The number of pyridine rings is 1. The van der Waals surface area contributed by atoms with Crippen molar-refractivity contribution in [2.24, 2.45) is 4.99 Å². The minimum absolute atomic E-state index is 0. The number of hydrogen-bond donors (Lipinski definition) is 1. The quantitative estimate of drug-likeness (QED) is 0.636. The van der Waals surface area contributed by atoms with Gasteiger partial charge < -0.3 is 5.73 Å². The molecule has 1 aliphatic carbocycles. The van der Waals surface area contributed by atoms with Gasteiger partial charge >= 0.3 is 0 Å². The molecule has 0 bridgehead atoms. The number of benzene rings is 1. The zero-order valence-electron chi connectivity index (χ0n) is 10.7. The summed E-state index contributed by atoms with van der Waals surface area (Å²) in [4.78, 5) is 20.3. The van der Waals surface area contributed by atoms with Crippen molar-refractivity contribution < 1.29 is 21.9 Å². The van der Waals surface area contributed by atoms with Gasteiger partial charge in [0.2, 0.25) is 5.78 Å². The predicted octanol–water partition coefficient (Wildman–Crippen LogP) is 3.19. The van der Waals surface area contributed by atoms with Crippen LogP contribution in [0.15, 0.2) is 53.7 Å². The van der Waals surface area contributed by atoms with Crippen LogP contribution in [0.3, 0.4) is 0 Å². The molecule has 3 rings (SSSR count). The molecule has 1 radical (unpaired) electrons. The first-order chi connectivity index (χ1) is 9.65. The molecule has 0 fully saturated rings. The van der Waals surface area contributed by atoms with Crippen LogP contribution in [0.25, 0.3) is 0 Å². The van der Waals surface area contributed by atoms with Gasteiger partial charge in [-0.2, -0.15) is 0 Å². The van der Waals surface area contributed by atoms with Crippen LogP contribution in [-0.4, -0.2) is 16.5 Å². The molecule has 1 aromatic carbocycles. The van der Waals surface area contributed by atoms with Crippen molar-refractivity contribution in [3.63, 3.8) is 0 Å². The van der Waals surface area contributed by atoms with Crippen LogP contribution in [0.2, 0.25) is 5.02 Å². The number of hydrogen-bond acceptors (Lipinski definition) is 4. The van der Waals surface area contributed by atoms with Gasteiger partial charge in [0, 0.05) is 34.5 Å². The van der Waals surface area contributed by atoms with Crippen LogP contribution >= 0.6 is 11.6 Å². The molecule has 6 heteroatoms. The topological polar surface area (TPSA) is 68.3 Å². The molecule has 0 saturated heterocycles. The third kappa shape index (κ3) is 3.05. The number of nitrogens with zero attached hydrogens (tertiary/aromatic N) is 2. The second kappa shape index (κ2) is 6.22. The van der Waals surface area contributed by atoms with Crippen molar-refractivity contribution in [1.29, 1.82) is 0 Å². The van der Waals surface area contributed by atoms with E-state index in [4.69, 9.17) is 17.3 Å². The van der Waals surface area contributed by atoms with Crippen LogP contribution in [0.4, 0.5) is 11.4 Å². The van der Waals surface area contributed by atoms with Gasteiger partial charge in [-0.1, -0.05) is 11.6 Å². The third-order valence-corrected chi connectivity index (χ3v) is 3.23. The maximum atomic E-state index is 11.7. The van der Waals surface area contributed by atoms with Crippen molar-refractivity contribution in [3.05, 3.63) is 65.0 Å². The Morgan fingerprint density at radius 3 is 2.76 bits per heavy atom. The molecule has 1 aromatic heterocycles. The molecule has 2 N–H and O–H groups in total. The number of anilines is 1. The molecular weight excluding hydrogens is 337 g/mol. The van der Waals surface area contributed by atoms with Crippen molar-refractivity contribution in [3.8, 4) is 0 Å². The van der Waals surface area contributed by atoms with Crippen molar-refractivity contribution in [2.75, 3.05) is 5.73 Å². The van der Waals surface area contributed by atoms with Gasteiger partial charge in [-0.25, -0.2) is 4.99 Å². The van der Waals surface area contributed by atoms with E-state index in [1.54, 1.807) is 36.5 Å². The third-order valence-electron chi connectivity index (χ3n) is 2.92. The van der Waals surface area contributed by atoms with E-state index in [-0.39, 0.29) is 22.9 Å². The summed E-state index contributed by atoms with van der Waals surface area (Å²) in [5.74, 6) is -0.122. The van der Waals surface area contributed by atoms with E-state index in [9.17, 15) is 4.79 Å². The van der Waals surface area contributed by atoms with Crippen molar-refractivity contribution >= 4 is 34.5 Å². The Balaban J connectivity index is 0.00000161. The Morgan fingerprint density at radius 2 is 2.00 bits per heavy atom. The van der Waals surface area contributed by atoms with E-state index in [1.807, 2.05) is 6.07 Å². The first-order valence-electron chi connectivity index (χ1n) is 5.96.